The first-order valence-corrected chi connectivity index (χ1v) is 5.63. The lowest BCUT2D eigenvalue weighted by Gasteiger charge is -2.25. The third-order valence-electron chi connectivity index (χ3n) is 3.37. The molecule has 0 aliphatic heterocycles. The van der Waals surface area contributed by atoms with E-state index in [0.29, 0.717) is 0 Å². The molecule has 0 unspecified atom stereocenters. The molecule has 0 bridgehead atoms. The number of hydrogen-bond acceptors (Lipinski definition) is 1. The molecule has 1 aliphatic carbocycles. The minimum absolute atomic E-state index is 0.233. The van der Waals surface area contributed by atoms with Crippen molar-refractivity contribution >= 4 is 0 Å². The van der Waals surface area contributed by atoms with Crippen LogP contribution in [0, 0.1) is 0 Å². The van der Waals surface area contributed by atoms with Crippen LogP contribution in [0.1, 0.15) is 31.2 Å². The highest BCUT2D eigenvalue weighted by atomic mass is 16.5. The lowest BCUT2D eigenvalue weighted by Crippen LogP contribution is -2.18. The Labute approximate surface area is 91.8 Å². The van der Waals surface area contributed by atoms with Gasteiger partial charge < -0.3 is 4.74 Å². The molecule has 0 amide bonds. The summed E-state index contributed by atoms with van der Waals surface area (Å²) in [5.41, 5.74) is 1.66. The lowest BCUT2D eigenvalue weighted by molar-refractivity contribution is 0.331. The molecule has 0 atom stereocenters. The summed E-state index contributed by atoms with van der Waals surface area (Å²) in [7, 11) is 1.71. The number of methoxy groups -OCH3 is 1. The fourth-order valence-electron chi connectivity index (χ4n) is 2.53. The van der Waals surface area contributed by atoms with Crippen LogP contribution in [0.3, 0.4) is 0 Å². The molecule has 15 heavy (non-hydrogen) atoms. The SMILES string of the molecule is CO/C=C/C1(c2ccccc2)CCCC1. The molecule has 1 nitrogen and oxygen atoms in total. The molecule has 1 saturated carbocycles. The Hall–Kier alpha value is -1.24. The fourth-order valence-corrected chi connectivity index (χ4v) is 2.53. The van der Waals surface area contributed by atoms with Crippen LogP contribution in [0.5, 0.6) is 0 Å². The standard InChI is InChI=1S/C14H18O/c1-15-12-11-14(9-5-6-10-14)13-7-3-2-4-8-13/h2-4,7-8,11-12H,5-6,9-10H2,1H3/b12-11+. The topological polar surface area (TPSA) is 9.23 Å². The Kier molecular flexibility index (Phi) is 3.10. The molecule has 1 heteroatoms. The molecule has 80 valence electrons. The number of ether oxygens (including phenoxy) is 1. The first-order chi connectivity index (χ1) is 7.37. The zero-order chi connectivity index (χ0) is 10.6. The smallest absolute Gasteiger partial charge is 0.0793 e. The van der Waals surface area contributed by atoms with E-state index < -0.39 is 0 Å². The molecule has 2 rings (SSSR count). The van der Waals surface area contributed by atoms with Gasteiger partial charge in [-0.05, 0) is 24.5 Å². The van der Waals surface area contributed by atoms with Crippen LogP contribution < -0.4 is 0 Å². The summed E-state index contributed by atoms with van der Waals surface area (Å²) in [6.07, 6.45) is 9.20. The zero-order valence-corrected chi connectivity index (χ0v) is 9.28. The van der Waals surface area contributed by atoms with Crippen LogP contribution in [0.2, 0.25) is 0 Å². The molecular weight excluding hydrogens is 184 g/mol. The second kappa shape index (κ2) is 4.52. The van der Waals surface area contributed by atoms with Gasteiger partial charge in [-0.15, -0.1) is 0 Å². The molecule has 0 heterocycles. The Morgan fingerprint density at radius 1 is 1.13 bits per heavy atom. The normalized spacial score (nSPS) is 19.5. The van der Waals surface area contributed by atoms with Gasteiger partial charge in [0.05, 0.1) is 13.4 Å². The van der Waals surface area contributed by atoms with E-state index in [-0.39, 0.29) is 5.41 Å². The predicted molar refractivity (Wildman–Crippen MR) is 62.7 cm³/mol. The molecular formula is C14H18O. The van der Waals surface area contributed by atoms with Gasteiger partial charge in [0.1, 0.15) is 0 Å². The van der Waals surface area contributed by atoms with Crippen LogP contribution in [-0.4, -0.2) is 7.11 Å². The lowest BCUT2D eigenvalue weighted by atomic mass is 9.79. The van der Waals surface area contributed by atoms with Crippen LogP contribution in [-0.2, 0) is 10.2 Å². The molecule has 0 aromatic heterocycles. The minimum atomic E-state index is 0.233. The van der Waals surface area contributed by atoms with Gasteiger partial charge in [0.25, 0.3) is 0 Å². The van der Waals surface area contributed by atoms with Gasteiger partial charge >= 0.3 is 0 Å². The van der Waals surface area contributed by atoms with E-state index in [1.165, 1.54) is 31.2 Å². The largest absolute Gasteiger partial charge is 0.505 e. The third-order valence-corrected chi connectivity index (χ3v) is 3.37. The van der Waals surface area contributed by atoms with Crippen LogP contribution in [0.4, 0.5) is 0 Å². The molecule has 1 aromatic rings. The van der Waals surface area contributed by atoms with Crippen LogP contribution in [0.25, 0.3) is 0 Å². The van der Waals surface area contributed by atoms with Crippen LogP contribution >= 0.6 is 0 Å². The Bertz CT molecular complexity index is 320. The van der Waals surface area contributed by atoms with Crippen molar-refractivity contribution in [2.24, 2.45) is 0 Å². The van der Waals surface area contributed by atoms with Crippen molar-refractivity contribution in [1.82, 2.24) is 0 Å². The molecule has 0 spiro atoms. The highest BCUT2D eigenvalue weighted by molar-refractivity contribution is 5.31. The number of allylic oxidation sites excluding steroid dienone is 1. The van der Waals surface area contributed by atoms with Gasteiger partial charge in [0.2, 0.25) is 0 Å². The van der Waals surface area contributed by atoms with Crippen LogP contribution in [0.15, 0.2) is 42.7 Å². The van der Waals surface area contributed by atoms with Gasteiger partial charge in [0.15, 0.2) is 0 Å². The molecule has 1 aliphatic rings. The molecule has 0 N–H and O–H groups in total. The summed E-state index contributed by atoms with van der Waals surface area (Å²) < 4.78 is 5.07. The average Bonchev–Trinajstić information content (AvgIpc) is 2.78. The number of rotatable bonds is 3. The average molecular weight is 202 g/mol. The predicted octanol–water partition coefficient (Wildman–Crippen LogP) is 3.66. The highest BCUT2D eigenvalue weighted by Crippen LogP contribution is 2.42. The van der Waals surface area contributed by atoms with E-state index >= 15 is 0 Å². The van der Waals surface area contributed by atoms with Crippen molar-refractivity contribution in [3.63, 3.8) is 0 Å². The minimum Gasteiger partial charge on any atom is -0.505 e. The third kappa shape index (κ3) is 2.06. The second-order valence-electron chi connectivity index (χ2n) is 4.27. The summed E-state index contributed by atoms with van der Waals surface area (Å²) in [4.78, 5) is 0. The van der Waals surface area contributed by atoms with Gasteiger partial charge in [-0.25, -0.2) is 0 Å². The molecule has 1 fully saturated rings. The van der Waals surface area contributed by atoms with Crippen molar-refractivity contribution in [2.75, 3.05) is 7.11 Å². The number of hydrogen-bond donors (Lipinski definition) is 0. The van der Waals surface area contributed by atoms with Crippen molar-refractivity contribution in [2.45, 2.75) is 31.1 Å². The van der Waals surface area contributed by atoms with E-state index in [1.807, 2.05) is 6.26 Å². The fraction of sp³-hybridized carbons (Fsp3) is 0.429. The van der Waals surface area contributed by atoms with Gasteiger partial charge in [0, 0.05) is 5.41 Å². The van der Waals surface area contributed by atoms with E-state index in [2.05, 4.69) is 36.4 Å². The monoisotopic (exact) mass is 202 g/mol. The summed E-state index contributed by atoms with van der Waals surface area (Å²) >= 11 is 0. The van der Waals surface area contributed by atoms with Gasteiger partial charge in [-0.1, -0.05) is 43.2 Å². The van der Waals surface area contributed by atoms with Gasteiger partial charge in [-0.3, -0.25) is 0 Å². The summed E-state index contributed by atoms with van der Waals surface area (Å²) in [5.74, 6) is 0. The van der Waals surface area contributed by atoms with E-state index in [0.717, 1.165) is 0 Å². The maximum atomic E-state index is 5.07. The van der Waals surface area contributed by atoms with Crippen molar-refractivity contribution in [3.05, 3.63) is 48.2 Å². The quantitative estimate of drug-likeness (QED) is 0.680. The second-order valence-corrected chi connectivity index (χ2v) is 4.27. The van der Waals surface area contributed by atoms with Crippen molar-refractivity contribution < 1.29 is 4.74 Å². The summed E-state index contributed by atoms with van der Waals surface area (Å²) in [5, 5.41) is 0. The van der Waals surface area contributed by atoms with Crippen molar-refractivity contribution in [1.29, 1.82) is 0 Å². The van der Waals surface area contributed by atoms with E-state index in [4.69, 9.17) is 4.74 Å². The zero-order valence-electron chi connectivity index (χ0n) is 9.28. The maximum absolute atomic E-state index is 5.07. The van der Waals surface area contributed by atoms with E-state index in [1.54, 1.807) is 7.11 Å². The highest BCUT2D eigenvalue weighted by Gasteiger charge is 2.32. The molecule has 0 radical (unpaired) electrons. The van der Waals surface area contributed by atoms with Gasteiger partial charge in [-0.2, -0.15) is 0 Å². The first-order valence-electron chi connectivity index (χ1n) is 5.63. The number of benzene rings is 1. The Morgan fingerprint density at radius 2 is 1.80 bits per heavy atom. The maximum Gasteiger partial charge on any atom is 0.0793 e. The molecule has 1 aromatic carbocycles. The Morgan fingerprint density at radius 3 is 2.40 bits per heavy atom. The molecule has 0 saturated heterocycles. The van der Waals surface area contributed by atoms with Crippen molar-refractivity contribution in [3.8, 4) is 0 Å². The first kappa shape index (κ1) is 10.3. The summed E-state index contributed by atoms with van der Waals surface area (Å²) in [6, 6.07) is 10.8. The van der Waals surface area contributed by atoms with E-state index in [9.17, 15) is 0 Å². The summed E-state index contributed by atoms with van der Waals surface area (Å²) in [6.45, 7) is 0. The Balaban J connectivity index is 2.30.